The predicted molar refractivity (Wildman–Crippen MR) is 173 cm³/mol. The summed E-state index contributed by atoms with van der Waals surface area (Å²) in [5, 5.41) is 29.3. The molecule has 0 saturated heterocycles. The van der Waals surface area contributed by atoms with Gasteiger partial charge in [-0.05, 0) is 34.9 Å². The zero-order chi connectivity index (χ0) is 32.5. The van der Waals surface area contributed by atoms with Gasteiger partial charge in [0.05, 0.1) is 0 Å². The van der Waals surface area contributed by atoms with Crippen LogP contribution < -0.4 is 17.2 Å². The van der Waals surface area contributed by atoms with Crippen molar-refractivity contribution in [1.29, 1.82) is 0 Å². The third kappa shape index (κ3) is 8.36. The van der Waals surface area contributed by atoms with Crippen molar-refractivity contribution >= 4 is 50.6 Å². The standard InChI is InChI=1S/3C11H12N2O2/c3*12-9(11(14)15)5-7-6-13-10-4-2-1-3-8(7)10/h3*1-4,6,9,13H,5,12H2,(H,14,15). The number of aromatic nitrogens is 3. The third-order valence-electron chi connectivity index (χ3n) is 7.30. The second-order valence-electron chi connectivity index (χ2n) is 10.5. The Balaban J connectivity index is 0.000000154. The first-order valence-corrected chi connectivity index (χ1v) is 14.1. The molecule has 3 heterocycles. The van der Waals surface area contributed by atoms with Gasteiger partial charge in [-0.15, -0.1) is 0 Å². The van der Waals surface area contributed by atoms with Gasteiger partial charge in [-0.1, -0.05) is 54.6 Å². The van der Waals surface area contributed by atoms with Crippen LogP contribution in [0.5, 0.6) is 0 Å². The van der Waals surface area contributed by atoms with Gasteiger partial charge in [0.1, 0.15) is 18.1 Å². The molecule has 12 N–H and O–H groups in total. The van der Waals surface area contributed by atoms with E-state index in [-0.39, 0.29) is 0 Å². The summed E-state index contributed by atoms with van der Waals surface area (Å²) in [5.74, 6) is -2.92. The lowest BCUT2D eigenvalue weighted by Gasteiger charge is -2.04. The minimum Gasteiger partial charge on any atom is -0.480 e. The first-order valence-electron chi connectivity index (χ1n) is 14.1. The summed E-state index contributed by atoms with van der Waals surface area (Å²) in [7, 11) is 0. The van der Waals surface area contributed by atoms with Crippen LogP contribution >= 0.6 is 0 Å². The van der Waals surface area contributed by atoms with Crippen LogP contribution in [0, 0.1) is 0 Å². The molecule has 0 aliphatic heterocycles. The van der Waals surface area contributed by atoms with Gasteiger partial charge in [0, 0.05) is 70.6 Å². The molecule has 45 heavy (non-hydrogen) atoms. The van der Waals surface area contributed by atoms with Crippen LogP contribution in [0.25, 0.3) is 32.7 Å². The molecule has 3 aromatic carbocycles. The van der Waals surface area contributed by atoms with Gasteiger partial charge in [-0.2, -0.15) is 0 Å². The molecule has 3 atom stereocenters. The Labute approximate surface area is 257 Å². The van der Waals surface area contributed by atoms with Crippen LogP contribution in [0.15, 0.2) is 91.4 Å². The fraction of sp³-hybridized carbons (Fsp3) is 0.182. The van der Waals surface area contributed by atoms with Crippen molar-refractivity contribution in [3.8, 4) is 0 Å². The molecule has 6 aromatic rings. The van der Waals surface area contributed by atoms with Gasteiger partial charge < -0.3 is 47.5 Å². The molecule has 0 radical (unpaired) electrons. The molecule has 0 fully saturated rings. The second kappa shape index (κ2) is 14.8. The Bertz CT molecular complexity index is 1690. The van der Waals surface area contributed by atoms with E-state index in [9.17, 15) is 14.4 Å². The SMILES string of the molecule is NC(Cc1c[nH]c2ccccc12)C(=O)O.NC(Cc1c[nH]c2ccccc12)C(=O)O.NC(Cc1c[nH]c2ccccc12)C(=O)O. The summed E-state index contributed by atoms with van der Waals surface area (Å²) in [4.78, 5) is 41.1. The molecule has 12 nitrogen and oxygen atoms in total. The van der Waals surface area contributed by atoms with Crippen LogP contribution in [-0.2, 0) is 33.6 Å². The molecule has 0 spiro atoms. The highest BCUT2D eigenvalue weighted by Crippen LogP contribution is 2.20. The number of hydrogen-bond acceptors (Lipinski definition) is 6. The number of H-pyrrole nitrogens is 3. The van der Waals surface area contributed by atoms with E-state index in [2.05, 4.69) is 15.0 Å². The first-order chi connectivity index (χ1) is 21.5. The number of carboxylic acids is 3. The van der Waals surface area contributed by atoms with Crippen molar-refractivity contribution in [2.24, 2.45) is 17.2 Å². The molecule has 0 bridgehead atoms. The average molecular weight is 613 g/mol. The monoisotopic (exact) mass is 612 g/mol. The average Bonchev–Trinajstić information content (AvgIpc) is 3.75. The van der Waals surface area contributed by atoms with Crippen LogP contribution in [0.3, 0.4) is 0 Å². The molecular formula is C33H36N6O6. The largest absolute Gasteiger partial charge is 0.480 e. The highest BCUT2D eigenvalue weighted by Gasteiger charge is 2.16. The van der Waals surface area contributed by atoms with Crippen LogP contribution in [0.4, 0.5) is 0 Å². The maximum Gasteiger partial charge on any atom is 0.320 e. The molecule has 3 aromatic heterocycles. The number of nitrogens with one attached hydrogen (secondary N) is 3. The Morgan fingerprint density at radius 2 is 0.733 bits per heavy atom. The van der Waals surface area contributed by atoms with E-state index in [4.69, 9.17) is 32.5 Å². The predicted octanol–water partition coefficient (Wildman–Crippen LogP) is 3.37. The zero-order valence-corrected chi connectivity index (χ0v) is 24.3. The molecular weight excluding hydrogens is 576 g/mol. The second-order valence-corrected chi connectivity index (χ2v) is 10.5. The quantitative estimate of drug-likeness (QED) is 0.116. The number of carboxylic acid groups (broad SMARTS) is 3. The van der Waals surface area contributed by atoms with E-state index in [1.165, 1.54) is 0 Å². The molecule has 234 valence electrons. The number of fused-ring (bicyclic) bond motifs is 3. The van der Waals surface area contributed by atoms with Crippen LogP contribution in [0.1, 0.15) is 16.7 Å². The highest BCUT2D eigenvalue weighted by atomic mass is 16.4. The lowest BCUT2D eigenvalue weighted by Crippen LogP contribution is -2.32. The zero-order valence-electron chi connectivity index (χ0n) is 24.3. The van der Waals surface area contributed by atoms with Crippen molar-refractivity contribution in [1.82, 2.24) is 15.0 Å². The number of carbonyl (C=O) groups is 3. The number of rotatable bonds is 9. The van der Waals surface area contributed by atoms with Crippen molar-refractivity contribution in [2.45, 2.75) is 37.4 Å². The Hall–Kier alpha value is -5.43. The molecule has 12 heteroatoms. The van der Waals surface area contributed by atoms with E-state index in [1.54, 1.807) is 0 Å². The van der Waals surface area contributed by atoms with Gasteiger partial charge in [-0.25, -0.2) is 0 Å². The van der Waals surface area contributed by atoms with Gasteiger partial charge in [-0.3, -0.25) is 14.4 Å². The summed E-state index contributed by atoms with van der Waals surface area (Å²) in [6.45, 7) is 0. The maximum atomic E-state index is 10.6. The van der Waals surface area contributed by atoms with Crippen LogP contribution in [0.2, 0.25) is 0 Å². The van der Waals surface area contributed by atoms with E-state index >= 15 is 0 Å². The minimum atomic E-state index is -0.972. The van der Waals surface area contributed by atoms with E-state index in [0.717, 1.165) is 49.4 Å². The number of hydrogen-bond donors (Lipinski definition) is 9. The maximum absolute atomic E-state index is 10.6. The fourth-order valence-corrected chi connectivity index (χ4v) is 4.87. The number of aliphatic carboxylic acids is 3. The topological polar surface area (TPSA) is 237 Å². The summed E-state index contributed by atoms with van der Waals surface area (Å²) < 4.78 is 0. The van der Waals surface area contributed by atoms with Gasteiger partial charge in [0.2, 0.25) is 0 Å². The summed E-state index contributed by atoms with van der Waals surface area (Å²) in [6, 6.07) is 20.7. The Morgan fingerprint density at radius 3 is 0.978 bits per heavy atom. The van der Waals surface area contributed by atoms with Crippen molar-refractivity contribution < 1.29 is 29.7 Å². The Kier molecular flexibility index (Phi) is 10.7. The molecule has 0 amide bonds. The Morgan fingerprint density at radius 1 is 0.489 bits per heavy atom. The number of aromatic amines is 3. The van der Waals surface area contributed by atoms with Crippen LogP contribution in [-0.4, -0.2) is 66.3 Å². The fourth-order valence-electron chi connectivity index (χ4n) is 4.87. The number of para-hydroxylation sites is 3. The van der Waals surface area contributed by atoms with E-state index in [0.29, 0.717) is 19.3 Å². The summed E-state index contributed by atoms with van der Waals surface area (Å²) >= 11 is 0. The lowest BCUT2D eigenvalue weighted by atomic mass is 10.1. The first kappa shape index (κ1) is 32.5. The normalized spacial score (nSPS) is 12.9. The van der Waals surface area contributed by atoms with Crippen molar-refractivity contribution in [2.75, 3.05) is 0 Å². The molecule has 0 saturated carbocycles. The van der Waals surface area contributed by atoms with E-state index < -0.39 is 36.0 Å². The molecule has 0 aliphatic carbocycles. The number of nitrogens with two attached hydrogens (primary N) is 3. The lowest BCUT2D eigenvalue weighted by molar-refractivity contribution is -0.139. The van der Waals surface area contributed by atoms with Gasteiger partial charge >= 0.3 is 17.9 Å². The summed E-state index contributed by atoms with van der Waals surface area (Å²) in [6.07, 6.45) is 6.48. The third-order valence-corrected chi connectivity index (χ3v) is 7.30. The molecule has 6 rings (SSSR count). The summed E-state index contributed by atoms with van der Waals surface area (Å²) in [5.41, 5.74) is 22.3. The molecule has 0 aliphatic rings. The van der Waals surface area contributed by atoms with E-state index in [1.807, 2.05) is 91.4 Å². The molecule has 3 unspecified atom stereocenters. The smallest absolute Gasteiger partial charge is 0.320 e. The highest BCUT2D eigenvalue weighted by molar-refractivity contribution is 5.86. The van der Waals surface area contributed by atoms with Gasteiger partial charge in [0.25, 0.3) is 0 Å². The van der Waals surface area contributed by atoms with Crippen molar-refractivity contribution in [3.63, 3.8) is 0 Å². The van der Waals surface area contributed by atoms with Gasteiger partial charge in [0.15, 0.2) is 0 Å². The number of benzene rings is 3. The minimum absolute atomic E-state index is 0.347. The van der Waals surface area contributed by atoms with Crippen molar-refractivity contribution in [3.05, 3.63) is 108 Å².